The highest BCUT2D eigenvalue weighted by molar-refractivity contribution is 9.10. The van der Waals surface area contributed by atoms with Crippen molar-refractivity contribution in [2.45, 2.75) is 32.2 Å². The van der Waals surface area contributed by atoms with Gasteiger partial charge >= 0.3 is 0 Å². The monoisotopic (exact) mass is 295 g/mol. The van der Waals surface area contributed by atoms with E-state index < -0.39 is 0 Å². The third kappa shape index (κ3) is 4.41. The lowest BCUT2D eigenvalue weighted by molar-refractivity contribution is 0.440. The van der Waals surface area contributed by atoms with Crippen LogP contribution in [0.15, 0.2) is 22.7 Å². The molecule has 3 heteroatoms. The van der Waals surface area contributed by atoms with E-state index in [9.17, 15) is 5.11 Å². The topological polar surface area (TPSA) is 32.3 Å². The van der Waals surface area contributed by atoms with E-state index in [1.54, 1.807) is 6.07 Å². The third-order valence-corrected chi connectivity index (χ3v) is 3.16. The first-order valence-electron chi connectivity index (χ1n) is 5.84. The standard InChI is InChI=1S/C14H18BrNO/c1-3-5-6-9-16-13(4-2)12-10-11(15)7-8-14(12)17/h1,7-8,10,13,16-17H,4-6,9H2,2H3. The lowest BCUT2D eigenvalue weighted by atomic mass is 10.0. The van der Waals surface area contributed by atoms with Gasteiger partial charge in [-0.05, 0) is 37.6 Å². The fraction of sp³-hybridized carbons (Fsp3) is 0.429. The molecule has 0 radical (unpaired) electrons. The Bertz CT molecular complexity index is 398. The maximum atomic E-state index is 9.85. The molecule has 1 rings (SSSR count). The number of phenols is 1. The zero-order chi connectivity index (χ0) is 12.7. The second-order valence-electron chi connectivity index (χ2n) is 3.93. The molecular formula is C14H18BrNO. The van der Waals surface area contributed by atoms with E-state index in [2.05, 4.69) is 34.1 Å². The van der Waals surface area contributed by atoms with E-state index >= 15 is 0 Å². The maximum absolute atomic E-state index is 9.85. The van der Waals surface area contributed by atoms with Crippen molar-refractivity contribution in [3.05, 3.63) is 28.2 Å². The molecule has 1 aromatic rings. The molecule has 0 saturated carbocycles. The van der Waals surface area contributed by atoms with Gasteiger partial charge in [0, 0.05) is 22.5 Å². The van der Waals surface area contributed by atoms with Gasteiger partial charge in [-0.1, -0.05) is 22.9 Å². The first kappa shape index (κ1) is 14.1. The van der Waals surface area contributed by atoms with Gasteiger partial charge in [-0.25, -0.2) is 0 Å². The number of hydrogen-bond acceptors (Lipinski definition) is 2. The highest BCUT2D eigenvalue weighted by Gasteiger charge is 2.12. The zero-order valence-electron chi connectivity index (χ0n) is 10.0. The summed E-state index contributed by atoms with van der Waals surface area (Å²) in [5.74, 6) is 2.96. The smallest absolute Gasteiger partial charge is 0.120 e. The predicted octanol–water partition coefficient (Wildman–Crippen LogP) is 3.61. The number of halogens is 1. The summed E-state index contributed by atoms with van der Waals surface area (Å²) in [6.07, 6.45) is 7.89. The minimum atomic E-state index is 0.172. The molecule has 2 nitrogen and oxygen atoms in total. The molecule has 0 fully saturated rings. The molecule has 2 N–H and O–H groups in total. The summed E-state index contributed by atoms with van der Waals surface area (Å²) < 4.78 is 0.981. The molecule has 0 aliphatic rings. The molecule has 0 aliphatic carbocycles. The van der Waals surface area contributed by atoms with E-state index in [1.807, 2.05) is 12.1 Å². The molecular weight excluding hydrogens is 278 g/mol. The Morgan fingerprint density at radius 1 is 1.53 bits per heavy atom. The van der Waals surface area contributed by atoms with Crippen molar-refractivity contribution >= 4 is 15.9 Å². The average Bonchev–Trinajstić information content (AvgIpc) is 2.33. The molecule has 0 amide bonds. The number of phenolic OH excluding ortho intramolecular Hbond substituents is 1. The first-order chi connectivity index (χ1) is 8.19. The van der Waals surface area contributed by atoms with Crippen molar-refractivity contribution in [3.63, 3.8) is 0 Å². The summed E-state index contributed by atoms with van der Waals surface area (Å²) in [6.45, 7) is 2.97. The van der Waals surface area contributed by atoms with Gasteiger partial charge in [-0.2, -0.15) is 0 Å². The number of nitrogens with one attached hydrogen (secondary N) is 1. The molecule has 0 bridgehead atoms. The summed E-state index contributed by atoms with van der Waals surface area (Å²) in [4.78, 5) is 0. The molecule has 1 aromatic carbocycles. The van der Waals surface area contributed by atoms with Crippen molar-refractivity contribution in [1.29, 1.82) is 0 Å². The fourth-order valence-corrected chi connectivity index (χ4v) is 2.12. The van der Waals surface area contributed by atoms with Crippen molar-refractivity contribution in [3.8, 4) is 18.1 Å². The summed E-state index contributed by atoms with van der Waals surface area (Å²) in [5.41, 5.74) is 0.933. The SMILES string of the molecule is C#CCCCNC(CC)c1cc(Br)ccc1O. The Labute approximate surface area is 112 Å². The van der Waals surface area contributed by atoms with Gasteiger partial charge in [0.1, 0.15) is 5.75 Å². The summed E-state index contributed by atoms with van der Waals surface area (Å²) >= 11 is 3.42. The third-order valence-electron chi connectivity index (χ3n) is 2.66. The minimum Gasteiger partial charge on any atom is -0.508 e. The van der Waals surface area contributed by atoms with Crippen LogP contribution in [-0.2, 0) is 0 Å². The fourth-order valence-electron chi connectivity index (χ4n) is 1.75. The quantitative estimate of drug-likeness (QED) is 0.621. The largest absolute Gasteiger partial charge is 0.508 e. The van der Waals surface area contributed by atoms with Crippen LogP contribution in [-0.4, -0.2) is 11.7 Å². The molecule has 0 heterocycles. The highest BCUT2D eigenvalue weighted by atomic mass is 79.9. The van der Waals surface area contributed by atoms with Crippen LogP contribution in [0, 0.1) is 12.3 Å². The van der Waals surface area contributed by atoms with E-state index in [-0.39, 0.29) is 6.04 Å². The number of terminal acetylenes is 1. The molecule has 1 atom stereocenters. The highest BCUT2D eigenvalue weighted by Crippen LogP contribution is 2.29. The summed E-state index contributed by atoms with van der Waals surface area (Å²) in [6, 6.07) is 5.68. The summed E-state index contributed by atoms with van der Waals surface area (Å²) in [5, 5.41) is 13.3. The summed E-state index contributed by atoms with van der Waals surface area (Å²) in [7, 11) is 0. The molecule has 17 heavy (non-hydrogen) atoms. The van der Waals surface area contributed by atoms with Crippen LogP contribution in [0.1, 0.15) is 37.8 Å². The lowest BCUT2D eigenvalue weighted by Crippen LogP contribution is -2.21. The Balaban J connectivity index is 2.66. The van der Waals surface area contributed by atoms with E-state index in [1.165, 1.54) is 0 Å². The molecule has 0 aliphatic heterocycles. The van der Waals surface area contributed by atoms with Gasteiger partial charge < -0.3 is 10.4 Å². The number of unbranched alkanes of at least 4 members (excludes halogenated alkanes) is 1. The van der Waals surface area contributed by atoms with Gasteiger partial charge in [0.05, 0.1) is 0 Å². The normalized spacial score (nSPS) is 12.1. The molecule has 0 aromatic heterocycles. The van der Waals surface area contributed by atoms with Crippen LogP contribution in [0.5, 0.6) is 5.75 Å². The Hall–Kier alpha value is -0.980. The van der Waals surface area contributed by atoms with Gasteiger partial charge in [0.15, 0.2) is 0 Å². The van der Waals surface area contributed by atoms with Crippen LogP contribution < -0.4 is 5.32 Å². The van der Waals surface area contributed by atoms with Crippen molar-refractivity contribution in [2.75, 3.05) is 6.54 Å². The zero-order valence-corrected chi connectivity index (χ0v) is 11.6. The molecule has 0 spiro atoms. The van der Waals surface area contributed by atoms with E-state index in [0.717, 1.165) is 35.8 Å². The number of aromatic hydroxyl groups is 1. The van der Waals surface area contributed by atoms with Gasteiger partial charge in [-0.15, -0.1) is 12.3 Å². The molecule has 1 unspecified atom stereocenters. The molecule has 0 saturated heterocycles. The second-order valence-corrected chi connectivity index (χ2v) is 4.84. The minimum absolute atomic E-state index is 0.172. The molecule has 92 valence electrons. The van der Waals surface area contributed by atoms with Gasteiger partial charge in [-0.3, -0.25) is 0 Å². The Kier molecular flexibility index (Phi) is 6.10. The van der Waals surface area contributed by atoms with Crippen LogP contribution in [0.25, 0.3) is 0 Å². The van der Waals surface area contributed by atoms with Gasteiger partial charge in [0.2, 0.25) is 0 Å². The van der Waals surface area contributed by atoms with Crippen LogP contribution in [0.4, 0.5) is 0 Å². The first-order valence-corrected chi connectivity index (χ1v) is 6.63. The van der Waals surface area contributed by atoms with Crippen molar-refractivity contribution in [1.82, 2.24) is 5.32 Å². The number of hydrogen-bond donors (Lipinski definition) is 2. The van der Waals surface area contributed by atoms with E-state index in [4.69, 9.17) is 6.42 Å². The van der Waals surface area contributed by atoms with E-state index in [0.29, 0.717) is 5.75 Å². The van der Waals surface area contributed by atoms with Crippen molar-refractivity contribution < 1.29 is 5.11 Å². The van der Waals surface area contributed by atoms with Gasteiger partial charge in [0.25, 0.3) is 0 Å². The lowest BCUT2D eigenvalue weighted by Gasteiger charge is -2.18. The number of benzene rings is 1. The van der Waals surface area contributed by atoms with Crippen LogP contribution in [0.2, 0.25) is 0 Å². The Morgan fingerprint density at radius 3 is 2.94 bits per heavy atom. The van der Waals surface area contributed by atoms with Crippen molar-refractivity contribution in [2.24, 2.45) is 0 Å². The maximum Gasteiger partial charge on any atom is 0.120 e. The number of rotatable bonds is 6. The van der Waals surface area contributed by atoms with Crippen LogP contribution in [0.3, 0.4) is 0 Å². The van der Waals surface area contributed by atoms with Crippen LogP contribution >= 0.6 is 15.9 Å². The Morgan fingerprint density at radius 2 is 2.29 bits per heavy atom. The average molecular weight is 296 g/mol. The second kappa shape index (κ2) is 7.37. The predicted molar refractivity (Wildman–Crippen MR) is 74.9 cm³/mol.